The van der Waals surface area contributed by atoms with Crippen LogP contribution in [0.15, 0.2) is 79.0 Å². The molecule has 0 aliphatic carbocycles. The molecular formula is C23H15N3O. The highest BCUT2D eigenvalue weighted by atomic mass is 16.1. The molecule has 4 aromatic rings. The first-order valence-electron chi connectivity index (χ1n) is 8.73. The van der Waals surface area contributed by atoms with Gasteiger partial charge >= 0.3 is 0 Å². The molecule has 1 aliphatic rings. The molecular weight excluding hydrogens is 334 g/mol. The maximum atomic E-state index is 13.7. The number of aromatic nitrogens is 1. The summed E-state index contributed by atoms with van der Waals surface area (Å²) in [5.74, 6) is 0.00700. The lowest BCUT2D eigenvalue weighted by Crippen LogP contribution is -2.39. The Labute approximate surface area is 156 Å². The fraction of sp³-hybridized carbons (Fsp3) is 0.0435. The summed E-state index contributed by atoms with van der Waals surface area (Å²) >= 11 is 0. The largest absolute Gasteiger partial charge is 0.365 e. The quantitative estimate of drug-likeness (QED) is 0.556. The van der Waals surface area contributed by atoms with Gasteiger partial charge in [0.05, 0.1) is 11.6 Å². The van der Waals surface area contributed by atoms with Gasteiger partial charge in [-0.25, -0.2) is 0 Å². The Bertz CT molecular complexity index is 1230. The molecule has 0 spiro atoms. The summed E-state index contributed by atoms with van der Waals surface area (Å²) in [5, 5.41) is 13.7. The molecule has 0 bridgehead atoms. The van der Waals surface area contributed by atoms with E-state index in [0.29, 0.717) is 11.1 Å². The third kappa shape index (κ3) is 2.06. The van der Waals surface area contributed by atoms with Crippen molar-refractivity contribution in [2.45, 2.75) is 5.54 Å². The molecule has 5 rings (SSSR count). The minimum Gasteiger partial charge on any atom is -0.365 e. The maximum absolute atomic E-state index is 13.7. The fourth-order valence-corrected chi connectivity index (χ4v) is 3.99. The van der Waals surface area contributed by atoms with Crippen LogP contribution in [0.4, 0.5) is 5.69 Å². The lowest BCUT2D eigenvalue weighted by molar-refractivity contribution is 0.0941. The Balaban J connectivity index is 1.84. The molecule has 0 radical (unpaired) electrons. The van der Waals surface area contributed by atoms with E-state index in [2.05, 4.69) is 16.4 Å². The number of Topliss-reactive ketones (excluding diaryl/α,β-unsaturated/α-hetero) is 1. The van der Waals surface area contributed by atoms with E-state index in [1.54, 1.807) is 6.07 Å². The van der Waals surface area contributed by atoms with Crippen molar-refractivity contribution in [1.29, 1.82) is 5.26 Å². The molecule has 2 N–H and O–H groups in total. The van der Waals surface area contributed by atoms with Gasteiger partial charge in [-0.05, 0) is 35.9 Å². The third-order valence-corrected chi connectivity index (χ3v) is 5.26. The Kier molecular flexibility index (Phi) is 3.19. The highest BCUT2D eigenvalue weighted by molar-refractivity contribution is 6.17. The standard InChI is InChI=1S/C23H15N3O/c24-13-15-10-11-20-18(12-15)19(14-25-20)23(16-6-2-1-3-7-16)22(27)17-8-4-5-9-21(17)26-23/h1-12,14,25-26H. The van der Waals surface area contributed by atoms with E-state index in [1.807, 2.05) is 72.9 Å². The summed E-state index contributed by atoms with van der Waals surface area (Å²) in [6.45, 7) is 0. The number of H-pyrrole nitrogens is 1. The average Bonchev–Trinajstić information content (AvgIpc) is 3.28. The van der Waals surface area contributed by atoms with Crippen LogP contribution in [0.3, 0.4) is 0 Å². The second kappa shape index (κ2) is 5.58. The first-order valence-corrected chi connectivity index (χ1v) is 8.73. The molecule has 4 nitrogen and oxygen atoms in total. The van der Waals surface area contributed by atoms with Gasteiger partial charge in [-0.2, -0.15) is 5.26 Å². The van der Waals surface area contributed by atoms with Gasteiger partial charge in [-0.1, -0.05) is 42.5 Å². The van der Waals surface area contributed by atoms with Gasteiger partial charge in [0.25, 0.3) is 0 Å². The van der Waals surface area contributed by atoms with Crippen molar-refractivity contribution >= 4 is 22.4 Å². The number of rotatable bonds is 2. The van der Waals surface area contributed by atoms with Crippen LogP contribution in [0.1, 0.15) is 27.0 Å². The first kappa shape index (κ1) is 15.4. The molecule has 0 amide bonds. The Morgan fingerprint density at radius 3 is 2.48 bits per heavy atom. The molecule has 27 heavy (non-hydrogen) atoms. The predicted molar refractivity (Wildman–Crippen MR) is 105 cm³/mol. The number of anilines is 1. The van der Waals surface area contributed by atoms with Crippen LogP contribution >= 0.6 is 0 Å². The second-order valence-electron chi connectivity index (χ2n) is 6.69. The summed E-state index contributed by atoms with van der Waals surface area (Å²) in [7, 11) is 0. The van der Waals surface area contributed by atoms with Crippen LogP contribution in [0, 0.1) is 11.3 Å². The summed E-state index contributed by atoms with van der Waals surface area (Å²) < 4.78 is 0. The lowest BCUT2D eigenvalue weighted by Gasteiger charge is -2.29. The molecule has 4 heteroatoms. The minimum absolute atomic E-state index is 0.00700. The molecule has 3 aromatic carbocycles. The van der Waals surface area contributed by atoms with E-state index in [-0.39, 0.29) is 5.78 Å². The number of benzene rings is 3. The van der Waals surface area contributed by atoms with Gasteiger partial charge in [0.15, 0.2) is 11.3 Å². The molecule has 1 atom stereocenters. The lowest BCUT2D eigenvalue weighted by atomic mass is 9.79. The third-order valence-electron chi connectivity index (χ3n) is 5.26. The fourth-order valence-electron chi connectivity index (χ4n) is 3.99. The number of ketones is 1. The topological polar surface area (TPSA) is 68.7 Å². The summed E-state index contributed by atoms with van der Waals surface area (Å²) in [4.78, 5) is 16.9. The number of nitriles is 1. The summed E-state index contributed by atoms with van der Waals surface area (Å²) in [6, 6.07) is 25.0. The van der Waals surface area contributed by atoms with Crippen LogP contribution in [0.2, 0.25) is 0 Å². The molecule has 0 saturated carbocycles. The zero-order valence-electron chi connectivity index (χ0n) is 14.4. The van der Waals surface area contributed by atoms with Crippen molar-refractivity contribution in [1.82, 2.24) is 4.98 Å². The number of aromatic amines is 1. The number of fused-ring (bicyclic) bond motifs is 2. The maximum Gasteiger partial charge on any atom is 0.199 e. The normalized spacial score (nSPS) is 18.1. The molecule has 0 fully saturated rings. The Morgan fingerprint density at radius 1 is 0.926 bits per heavy atom. The molecule has 1 aromatic heterocycles. The molecule has 1 aliphatic heterocycles. The number of nitrogens with zero attached hydrogens (tertiary/aromatic N) is 1. The first-order chi connectivity index (χ1) is 13.2. The number of hydrogen-bond donors (Lipinski definition) is 2. The molecule has 0 saturated heterocycles. The minimum atomic E-state index is -1.03. The average molecular weight is 349 g/mol. The van der Waals surface area contributed by atoms with Crippen LogP contribution < -0.4 is 5.32 Å². The van der Waals surface area contributed by atoms with E-state index in [9.17, 15) is 10.1 Å². The van der Waals surface area contributed by atoms with E-state index < -0.39 is 5.54 Å². The van der Waals surface area contributed by atoms with Gasteiger partial charge in [0, 0.05) is 33.9 Å². The molecule has 1 unspecified atom stereocenters. The van der Waals surface area contributed by atoms with E-state index >= 15 is 0 Å². The van der Waals surface area contributed by atoms with Crippen LogP contribution in [-0.4, -0.2) is 10.8 Å². The monoisotopic (exact) mass is 349 g/mol. The van der Waals surface area contributed by atoms with Crippen molar-refractivity contribution in [3.63, 3.8) is 0 Å². The van der Waals surface area contributed by atoms with Crippen molar-refractivity contribution in [3.8, 4) is 6.07 Å². The van der Waals surface area contributed by atoms with Gasteiger partial charge in [-0.15, -0.1) is 0 Å². The van der Waals surface area contributed by atoms with Crippen molar-refractivity contribution in [2.75, 3.05) is 5.32 Å². The SMILES string of the molecule is N#Cc1ccc2[nH]cc(C3(c4ccccc4)Nc4ccccc4C3=O)c2c1. The van der Waals surface area contributed by atoms with Gasteiger partial charge in [0.2, 0.25) is 0 Å². The zero-order chi connectivity index (χ0) is 18.4. The number of para-hydroxylation sites is 1. The van der Waals surface area contributed by atoms with E-state index in [0.717, 1.165) is 27.7 Å². The summed E-state index contributed by atoms with van der Waals surface area (Å²) in [6.07, 6.45) is 1.87. The van der Waals surface area contributed by atoms with Crippen molar-refractivity contribution in [3.05, 3.63) is 101 Å². The number of carbonyl (C=O) groups excluding carboxylic acids is 1. The van der Waals surface area contributed by atoms with Crippen LogP contribution in [0.25, 0.3) is 10.9 Å². The van der Waals surface area contributed by atoms with Crippen molar-refractivity contribution < 1.29 is 4.79 Å². The Morgan fingerprint density at radius 2 is 1.70 bits per heavy atom. The van der Waals surface area contributed by atoms with Gasteiger partial charge in [0.1, 0.15) is 0 Å². The summed E-state index contributed by atoms with van der Waals surface area (Å²) in [5.41, 5.74) is 3.61. The van der Waals surface area contributed by atoms with E-state index in [1.165, 1.54) is 0 Å². The number of carbonyl (C=O) groups is 1. The zero-order valence-corrected chi connectivity index (χ0v) is 14.4. The highest BCUT2D eigenvalue weighted by Gasteiger charge is 2.49. The number of hydrogen-bond acceptors (Lipinski definition) is 3. The van der Waals surface area contributed by atoms with Gasteiger partial charge in [-0.3, -0.25) is 4.79 Å². The van der Waals surface area contributed by atoms with Crippen LogP contribution in [-0.2, 0) is 5.54 Å². The van der Waals surface area contributed by atoms with Crippen LogP contribution in [0.5, 0.6) is 0 Å². The Hall–Kier alpha value is -3.84. The number of nitrogens with one attached hydrogen (secondary N) is 2. The van der Waals surface area contributed by atoms with Crippen molar-refractivity contribution in [2.24, 2.45) is 0 Å². The second-order valence-corrected chi connectivity index (χ2v) is 6.69. The smallest absolute Gasteiger partial charge is 0.199 e. The molecule has 128 valence electrons. The van der Waals surface area contributed by atoms with Gasteiger partial charge < -0.3 is 10.3 Å². The van der Waals surface area contributed by atoms with E-state index in [4.69, 9.17) is 0 Å². The predicted octanol–water partition coefficient (Wildman–Crippen LogP) is 4.59. The highest BCUT2D eigenvalue weighted by Crippen LogP contribution is 2.45. The molecule has 2 heterocycles.